The van der Waals surface area contributed by atoms with Gasteiger partial charge in [0, 0.05) is 17.3 Å². The number of hydrogen-bond donors (Lipinski definition) is 2. The molecule has 1 aliphatic heterocycles. The zero-order chi connectivity index (χ0) is 17.1. The van der Waals surface area contributed by atoms with E-state index in [1.165, 1.54) is 7.11 Å². The molecule has 3 rings (SSSR count). The van der Waals surface area contributed by atoms with E-state index in [4.69, 9.17) is 10.5 Å². The third-order valence-electron chi connectivity index (χ3n) is 3.78. The van der Waals surface area contributed by atoms with Gasteiger partial charge in [0.05, 0.1) is 13.0 Å². The molecule has 0 spiro atoms. The molecular formula is C18H15N3O3. The molecule has 1 heterocycles. The van der Waals surface area contributed by atoms with Gasteiger partial charge in [0.2, 0.25) is 5.88 Å². The van der Waals surface area contributed by atoms with Crippen LogP contribution in [0, 0.1) is 11.3 Å². The van der Waals surface area contributed by atoms with Gasteiger partial charge in [0.25, 0.3) is 0 Å². The van der Waals surface area contributed by atoms with Crippen molar-refractivity contribution in [1.82, 2.24) is 0 Å². The summed E-state index contributed by atoms with van der Waals surface area (Å²) in [6.45, 7) is 0. The number of nitrogens with one attached hydrogen (secondary N) is 1. The molecule has 6 heteroatoms. The second kappa shape index (κ2) is 6.34. The molecule has 0 radical (unpaired) electrons. The SMILES string of the molecule is COC(=O)Nc1ccc2c(c1)OC(N)=C(C#N)C2c1ccccc1. The Labute approximate surface area is 139 Å². The second-order valence-electron chi connectivity index (χ2n) is 5.20. The Bertz CT molecular complexity index is 854. The predicted molar refractivity (Wildman–Crippen MR) is 88.2 cm³/mol. The summed E-state index contributed by atoms with van der Waals surface area (Å²) >= 11 is 0. The summed E-state index contributed by atoms with van der Waals surface area (Å²) in [4.78, 5) is 11.3. The Morgan fingerprint density at radius 2 is 2.04 bits per heavy atom. The van der Waals surface area contributed by atoms with Crippen molar-refractivity contribution < 1.29 is 14.3 Å². The van der Waals surface area contributed by atoms with Crippen LogP contribution in [0.1, 0.15) is 17.0 Å². The minimum absolute atomic E-state index is 0.0640. The number of carbonyl (C=O) groups excluding carboxylic acids is 1. The molecule has 0 aromatic heterocycles. The highest BCUT2D eigenvalue weighted by atomic mass is 16.5. The molecule has 0 saturated heterocycles. The van der Waals surface area contributed by atoms with Crippen LogP contribution in [0.2, 0.25) is 0 Å². The van der Waals surface area contributed by atoms with E-state index < -0.39 is 6.09 Å². The summed E-state index contributed by atoms with van der Waals surface area (Å²) in [7, 11) is 1.29. The maximum Gasteiger partial charge on any atom is 0.411 e. The van der Waals surface area contributed by atoms with Crippen LogP contribution in [-0.4, -0.2) is 13.2 Å². The maximum absolute atomic E-state index is 11.3. The molecular weight excluding hydrogens is 306 g/mol. The standard InChI is InChI=1S/C18H15N3O3/c1-23-18(22)21-12-7-8-13-15(9-12)24-17(20)14(10-19)16(13)11-5-3-2-4-6-11/h2-9,16H,20H2,1H3,(H,21,22). The van der Waals surface area contributed by atoms with Gasteiger partial charge < -0.3 is 15.2 Å². The number of ether oxygens (including phenoxy) is 2. The van der Waals surface area contributed by atoms with E-state index in [2.05, 4.69) is 16.1 Å². The molecule has 1 unspecified atom stereocenters. The number of methoxy groups -OCH3 is 1. The molecule has 120 valence electrons. The lowest BCUT2D eigenvalue weighted by Crippen LogP contribution is -2.21. The molecule has 1 amide bonds. The first-order valence-electron chi connectivity index (χ1n) is 7.25. The molecule has 1 atom stereocenters. The smallest absolute Gasteiger partial charge is 0.411 e. The van der Waals surface area contributed by atoms with Gasteiger partial charge in [-0.3, -0.25) is 5.32 Å². The van der Waals surface area contributed by atoms with Crippen LogP contribution >= 0.6 is 0 Å². The monoisotopic (exact) mass is 321 g/mol. The van der Waals surface area contributed by atoms with Gasteiger partial charge in [-0.05, 0) is 11.6 Å². The molecule has 0 aliphatic carbocycles. The fourth-order valence-electron chi connectivity index (χ4n) is 2.69. The van der Waals surface area contributed by atoms with E-state index in [-0.39, 0.29) is 11.8 Å². The zero-order valence-corrected chi connectivity index (χ0v) is 12.9. The largest absolute Gasteiger partial charge is 0.453 e. The Hall–Kier alpha value is -3.46. The minimum atomic E-state index is -0.577. The first-order chi connectivity index (χ1) is 11.6. The summed E-state index contributed by atoms with van der Waals surface area (Å²) in [6.07, 6.45) is -0.577. The summed E-state index contributed by atoms with van der Waals surface area (Å²) < 4.78 is 10.2. The van der Waals surface area contributed by atoms with Crippen LogP contribution < -0.4 is 15.8 Å². The fourth-order valence-corrected chi connectivity index (χ4v) is 2.69. The number of amides is 1. The van der Waals surface area contributed by atoms with Crippen LogP contribution in [0.25, 0.3) is 0 Å². The highest BCUT2D eigenvalue weighted by Crippen LogP contribution is 2.42. The summed E-state index contributed by atoms with van der Waals surface area (Å²) in [5, 5.41) is 12.1. The van der Waals surface area contributed by atoms with E-state index in [9.17, 15) is 10.1 Å². The van der Waals surface area contributed by atoms with Crippen molar-refractivity contribution in [2.45, 2.75) is 5.92 Å². The van der Waals surface area contributed by atoms with Crippen molar-refractivity contribution in [1.29, 1.82) is 5.26 Å². The highest BCUT2D eigenvalue weighted by molar-refractivity contribution is 5.85. The Morgan fingerprint density at radius 3 is 2.71 bits per heavy atom. The van der Waals surface area contributed by atoms with Crippen molar-refractivity contribution in [3.8, 4) is 11.8 Å². The molecule has 2 aromatic carbocycles. The van der Waals surface area contributed by atoms with Crippen molar-refractivity contribution in [2.24, 2.45) is 5.73 Å². The lowest BCUT2D eigenvalue weighted by atomic mass is 9.83. The van der Waals surface area contributed by atoms with E-state index in [1.807, 2.05) is 36.4 Å². The van der Waals surface area contributed by atoms with E-state index in [0.717, 1.165) is 11.1 Å². The lowest BCUT2D eigenvalue weighted by molar-refractivity contribution is 0.187. The first kappa shape index (κ1) is 15.4. The van der Waals surface area contributed by atoms with Gasteiger partial charge in [0.1, 0.15) is 17.4 Å². The third-order valence-corrected chi connectivity index (χ3v) is 3.78. The number of allylic oxidation sites excluding steroid dienone is 1. The average molecular weight is 321 g/mol. The summed E-state index contributed by atoms with van der Waals surface area (Å²) in [5.74, 6) is 0.246. The molecule has 6 nitrogen and oxygen atoms in total. The first-order valence-corrected chi connectivity index (χ1v) is 7.25. The lowest BCUT2D eigenvalue weighted by Gasteiger charge is -2.26. The number of anilines is 1. The van der Waals surface area contributed by atoms with Crippen molar-refractivity contribution in [3.63, 3.8) is 0 Å². The number of nitrogens with zero attached hydrogens (tertiary/aromatic N) is 1. The number of rotatable bonds is 2. The number of fused-ring (bicyclic) bond motifs is 1. The van der Waals surface area contributed by atoms with E-state index in [0.29, 0.717) is 17.0 Å². The Kier molecular flexibility index (Phi) is 4.08. The van der Waals surface area contributed by atoms with Gasteiger partial charge in [-0.2, -0.15) is 5.26 Å². The van der Waals surface area contributed by atoms with Gasteiger partial charge >= 0.3 is 6.09 Å². The van der Waals surface area contributed by atoms with Crippen LogP contribution in [-0.2, 0) is 4.74 Å². The molecule has 0 bridgehead atoms. The van der Waals surface area contributed by atoms with Gasteiger partial charge in [-0.25, -0.2) is 4.79 Å². The number of nitrogens with two attached hydrogens (primary N) is 1. The minimum Gasteiger partial charge on any atom is -0.453 e. The molecule has 1 aliphatic rings. The van der Waals surface area contributed by atoms with Crippen LogP contribution in [0.4, 0.5) is 10.5 Å². The fraction of sp³-hybridized carbons (Fsp3) is 0.111. The Morgan fingerprint density at radius 1 is 1.29 bits per heavy atom. The van der Waals surface area contributed by atoms with Crippen LogP contribution in [0.5, 0.6) is 5.75 Å². The van der Waals surface area contributed by atoms with Crippen LogP contribution in [0.15, 0.2) is 60.0 Å². The predicted octanol–water partition coefficient (Wildman–Crippen LogP) is 3.08. The van der Waals surface area contributed by atoms with Crippen molar-refractivity contribution in [2.75, 3.05) is 12.4 Å². The Balaban J connectivity index is 2.08. The number of hydrogen-bond acceptors (Lipinski definition) is 5. The van der Waals surface area contributed by atoms with Gasteiger partial charge in [-0.15, -0.1) is 0 Å². The van der Waals surface area contributed by atoms with Crippen LogP contribution in [0.3, 0.4) is 0 Å². The molecule has 0 saturated carbocycles. The zero-order valence-electron chi connectivity index (χ0n) is 12.9. The average Bonchev–Trinajstić information content (AvgIpc) is 2.61. The van der Waals surface area contributed by atoms with Crippen molar-refractivity contribution in [3.05, 3.63) is 71.1 Å². The van der Waals surface area contributed by atoms with Gasteiger partial charge in [-0.1, -0.05) is 36.4 Å². The molecule has 0 fully saturated rings. The molecule has 24 heavy (non-hydrogen) atoms. The second-order valence-corrected chi connectivity index (χ2v) is 5.20. The highest BCUT2D eigenvalue weighted by Gasteiger charge is 2.30. The topological polar surface area (TPSA) is 97.4 Å². The maximum atomic E-state index is 11.3. The van der Waals surface area contributed by atoms with E-state index >= 15 is 0 Å². The number of carbonyl (C=O) groups is 1. The molecule has 3 N–H and O–H groups in total. The summed E-state index contributed by atoms with van der Waals surface area (Å²) in [6, 6.07) is 16.9. The van der Waals surface area contributed by atoms with Gasteiger partial charge in [0.15, 0.2) is 0 Å². The quantitative estimate of drug-likeness (QED) is 0.886. The third kappa shape index (κ3) is 2.75. The van der Waals surface area contributed by atoms with Crippen molar-refractivity contribution >= 4 is 11.8 Å². The summed E-state index contributed by atoms with van der Waals surface area (Å²) in [5.41, 5.74) is 8.56. The number of nitriles is 1. The molecule has 2 aromatic rings. The number of benzene rings is 2. The van der Waals surface area contributed by atoms with E-state index in [1.54, 1.807) is 12.1 Å². The normalized spacial score (nSPS) is 15.8.